The van der Waals surface area contributed by atoms with Gasteiger partial charge in [-0.25, -0.2) is 4.39 Å². The first-order valence-corrected chi connectivity index (χ1v) is 15.2. The number of fused-ring (bicyclic) bond motifs is 7. The van der Waals surface area contributed by atoms with Crippen LogP contribution in [0.25, 0.3) is 5.52 Å². The maximum Gasteiger partial charge on any atom is 0.289 e. The molecule has 234 valence electrons. The lowest BCUT2D eigenvalue weighted by Crippen LogP contribution is -2.50. The van der Waals surface area contributed by atoms with Crippen molar-refractivity contribution in [1.29, 1.82) is 0 Å². The number of nitrogens with one attached hydrogen (secondary N) is 3. The van der Waals surface area contributed by atoms with E-state index in [1.54, 1.807) is 57.9 Å². The first-order valence-electron chi connectivity index (χ1n) is 14.3. The summed E-state index contributed by atoms with van der Waals surface area (Å²) < 4.78 is 51.4. The molecule has 1 aromatic carbocycles. The zero-order chi connectivity index (χ0) is 31.5. The molecule has 0 radical (unpaired) electrons. The summed E-state index contributed by atoms with van der Waals surface area (Å²) in [6, 6.07) is 9.52. The second-order valence-corrected chi connectivity index (χ2v) is 11.5. The number of anilines is 2. The minimum Gasteiger partial charge on any atom is -0.495 e. The average molecular weight is 638 g/mol. The summed E-state index contributed by atoms with van der Waals surface area (Å²) in [6.07, 6.45) is 3.64. The van der Waals surface area contributed by atoms with Crippen LogP contribution in [0.5, 0.6) is 5.75 Å². The standard InChI is InChI=1S/C31H30F3N7O3S/c1-44-26-8-7-19-14-24(26)35-10-3-4-20-17-41-25(28(20)45-31(33)34)5-2-6-27(41)38-23-9-12-39(18-22(23)32)30(43)21-15-37-40(16-21)13-11-36-29(19)42/h2,5-8,14-17,22-23,31,35,38H,9-13,18H2,1H3,(H,36,42)/t22-,23+/m0/s1. The molecule has 1 fully saturated rings. The molecule has 0 unspecified atom stereocenters. The third-order valence-corrected chi connectivity index (χ3v) is 8.53. The molecule has 6 heterocycles. The molecule has 3 N–H and O–H groups in total. The van der Waals surface area contributed by atoms with Crippen molar-refractivity contribution >= 4 is 40.6 Å². The number of hydrogen-bond acceptors (Lipinski definition) is 7. The van der Waals surface area contributed by atoms with Gasteiger partial charge in [-0.1, -0.05) is 29.7 Å². The summed E-state index contributed by atoms with van der Waals surface area (Å²) in [7, 11) is 1.51. The average Bonchev–Trinajstić information content (AvgIpc) is 3.64. The fourth-order valence-electron chi connectivity index (χ4n) is 5.46. The summed E-state index contributed by atoms with van der Waals surface area (Å²) in [4.78, 5) is 27.8. The van der Waals surface area contributed by atoms with Gasteiger partial charge in [0.15, 0.2) is 0 Å². The Balaban J connectivity index is 1.35. The van der Waals surface area contributed by atoms with E-state index in [1.165, 1.54) is 18.2 Å². The summed E-state index contributed by atoms with van der Waals surface area (Å²) in [5.74, 6) is 3.67. The van der Waals surface area contributed by atoms with Crippen molar-refractivity contribution in [2.75, 3.05) is 43.9 Å². The van der Waals surface area contributed by atoms with Gasteiger partial charge in [0.2, 0.25) is 0 Å². The van der Waals surface area contributed by atoms with Crippen molar-refractivity contribution in [3.63, 3.8) is 0 Å². The largest absolute Gasteiger partial charge is 0.495 e. The topological polar surface area (TPSA) is 105 Å². The van der Waals surface area contributed by atoms with Crippen LogP contribution in [-0.4, -0.2) is 82.2 Å². The van der Waals surface area contributed by atoms with Gasteiger partial charge in [-0.05, 0) is 36.8 Å². The highest BCUT2D eigenvalue weighted by atomic mass is 32.2. The third-order valence-electron chi connectivity index (χ3n) is 7.69. The molecule has 3 aliphatic heterocycles. The fourth-order valence-corrected chi connectivity index (χ4v) is 6.16. The second-order valence-electron chi connectivity index (χ2n) is 10.5. The molecule has 8 bridgehead atoms. The summed E-state index contributed by atoms with van der Waals surface area (Å²) in [5.41, 5.74) is 2.15. The van der Waals surface area contributed by atoms with E-state index in [0.29, 0.717) is 75.6 Å². The molecule has 4 aromatic rings. The Morgan fingerprint density at radius 3 is 2.78 bits per heavy atom. The zero-order valence-corrected chi connectivity index (χ0v) is 25.0. The number of alkyl halides is 3. The van der Waals surface area contributed by atoms with Crippen molar-refractivity contribution in [2.45, 2.75) is 35.8 Å². The van der Waals surface area contributed by atoms with Gasteiger partial charge in [0.05, 0.1) is 66.2 Å². The molecule has 0 aliphatic carbocycles. The summed E-state index contributed by atoms with van der Waals surface area (Å²) >= 11 is 0.399. The summed E-state index contributed by atoms with van der Waals surface area (Å²) in [5, 5.41) is 13.5. The van der Waals surface area contributed by atoms with Crippen LogP contribution in [0.4, 0.5) is 24.7 Å². The van der Waals surface area contributed by atoms with Crippen LogP contribution >= 0.6 is 11.8 Å². The number of nitrogens with zero attached hydrogens (tertiary/aromatic N) is 4. The van der Waals surface area contributed by atoms with Crippen LogP contribution in [0.1, 0.15) is 32.7 Å². The molecule has 2 amide bonds. The van der Waals surface area contributed by atoms with E-state index < -0.39 is 18.0 Å². The highest BCUT2D eigenvalue weighted by Crippen LogP contribution is 2.35. The van der Waals surface area contributed by atoms with Crippen molar-refractivity contribution in [2.24, 2.45) is 0 Å². The van der Waals surface area contributed by atoms with Gasteiger partial charge in [0.1, 0.15) is 17.7 Å². The number of piperidine rings is 1. The van der Waals surface area contributed by atoms with Crippen LogP contribution < -0.4 is 20.7 Å². The minimum absolute atomic E-state index is 0.112. The molecule has 45 heavy (non-hydrogen) atoms. The lowest BCUT2D eigenvalue weighted by Gasteiger charge is -2.35. The minimum atomic E-state index is -2.68. The van der Waals surface area contributed by atoms with E-state index >= 15 is 4.39 Å². The number of carbonyl (C=O) groups is 2. The normalized spacial score (nSPS) is 19.0. The SMILES string of the molecule is COc1ccc2cc1NCC#Cc1cn3c(cccc3c1SC(F)F)N[C@@H]1CCN(C[C@@H]1F)C(=O)c1cnn(c1)CCNC2=O. The Bertz CT molecular complexity index is 1800. The molecular formula is C31H30F3N7O3S. The number of halogens is 3. The van der Waals surface area contributed by atoms with E-state index in [-0.39, 0.29) is 31.4 Å². The first kappa shape index (κ1) is 30.3. The molecule has 1 saturated heterocycles. The number of carbonyl (C=O) groups excluding carboxylic acids is 2. The Morgan fingerprint density at radius 1 is 1.11 bits per heavy atom. The smallest absolute Gasteiger partial charge is 0.289 e. The van der Waals surface area contributed by atoms with Crippen LogP contribution in [0.15, 0.2) is 59.9 Å². The second kappa shape index (κ2) is 13.1. The number of pyridine rings is 1. The monoisotopic (exact) mass is 637 g/mol. The van der Waals surface area contributed by atoms with Gasteiger partial charge in [0, 0.05) is 31.0 Å². The van der Waals surface area contributed by atoms with E-state index in [0.717, 1.165) is 0 Å². The number of rotatable bonds is 3. The van der Waals surface area contributed by atoms with Gasteiger partial charge in [0.25, 0.3) is 17.6 Å². The fraction of sp³-hybridized carbons (Fsp3) is 0.323. The number of benzene rings is 1. The van der Waals surface area contributed by atoms with Crippen molar-refractivity contribution in [3.8, 4) is 17.6 Å². The van der Waals surface area contributed by atoms with Crippen LogP contribution in [0.3, 0.4) is 0 Å². The van der Waals surface area contributed by atoms with Gasteiger partial charge >= 0.3 is 0 Å². The quantitative estimate of drug-likeness (QED) is 0.227. The number of thioether (sulfide) groups is 1. The highest BCUT2D eigenvalue weighted by Gasteiger charge is 2.33. The molecular weight excluding hydrogens is 607 g/mol. The number of ether oxygens (including phenoxy) is 1. The predicted molar refractivity (Wildman–Crippen MR) is 165 cm³/mol. The van der Waals surface area contributed by atoms with Crippen LogP contribution in [0, 0.1) is 11.8 Å². The van der Waals surface area contributed by atoms with Gasteiger partial charge in [-0.2, -0.15) is 13.9 Å². The van der Waals surface area contributed by atoms with E-state index in [9.17, 15) is 18.4 Å². The molecule has 0 saturated carbocycles. The Labute approximate surface area is 261 Å². The van der Waals surface area contributed by atoms with Crippen LogP contribution in [-0.2, 0) is 6.54 Å². The van der Waals surface area contributed by atoms with E-state index in [4.69, 9.17) is 4.74 Å². The Hall–Kier alpha value is -4.77. The van der Waals surface area contributed by atoms with Gasteiger partial charge < -0.3 is 30.0 Å². The maximum atomic E-state index is 15.5. The number of amides is 2. The lowest BCUT2D eigenvalue weighted by molar-refractivity contribution is 0.0616. The Kier molecular flexibility index (Phi) is 8.79. The predicted octanol–water partition coefficient (Wildman–Crippen LogP) is 4.33. The molecule has 14 heteroatoms. The van der Waals surface area contributed by atoms with Crippen molar-refractivity contribution < 1.29 is 27.5 Å². The number of aromatic nitrogens is 3. The molecule has 7 rings (SSSR count). The number of methoxy groups -OCH3 is 1. The highest BCUT2D eigenvalue weighted by molar-refractivity contribution is 7.99. The van der Waals surface area contributed by atoms with Gasteiger partial charge in [-0.15, -0.1) is 0 Å². The number of hydrogen-bond donors (Lipinski definition) is 3. The first-order chi connectivity index (χ1) is 21.8. The summed E-state index contributed by atoms with van der Waals surface area (Å²) in [6.45, 7) is 0.925. The lowest BCUT2D eigenvalue weighted by atomic mass is 10.0. The van der Waals surface area contributed by atoms with Crippen LogP contribution in [0.2, 0.25) is 0 Å². The van der Waals surface area contributed by atoms with Crippen molar-refractivity contribution in [1.82, 2.24) is 24.4 Å². The Morgan fingerprint density at radius 2 is 1.98 bits per heavy atom. The van der Waals surface area contributed by atoms with E-state index in [1.807, 2.05) is 0 Å². The molecule has 10 nitrogen and oxygen atoms in total. The van der Waals surface area contributed by atoms with Crippen molar-refractivity contribution in [3.05, 3.63) is 71.7 Å². The third kappa shape index (κ3) is 6.53. The molecule has 3 aromatic heterocycles. The molecule has 2 atom stereocenters. The zero-order valence-electron chi connectivity index (χ0n) is 24.2. The van der Waals surface area contributed by atoms with E-state index in [2.05, 4.69) is 32.9 Å². The van der Waals surface area contributed by atoms with Gasteiger partial charge in [-0.3, -0.25) is 14.3 Å². The molecule has 0 spiro atoms. The molecule has 3 aliphatic rings. The maximum absolute atomic E-state index is 15.5.